The third-order valence-electron chi connectivity index (χ3n) is 5.01. The molecule has 0 fully saturated rings. The second-order valence-corrected chi connectivity index (χ2v) is 7.21. The van der Waals surface area contributed by atoms with Crippen molar-refractivity contribution in [2.75, 3.05) is 7.05 Å². The Labute approximate surface area is 186 Å². The van der Waals surface area contributed by atoms with Gasteiger partial charge in [-0.15, -0.1) is 0 Å². The zero-order chi connectivity index (χ0) is 23.6. The van der Waals surface area contributed by atoms with Gasteiger partial charge in [0.25, 0.3) is 11.8 Å². The minimum atomic E-state index is -4.44. The van der Waals surface area contributed by atoms with Crippen LogP contribution in [0.1, 0.15) is 32.2 Å². The maximum absolute atomic E-state index is 12.8. The van der Waals surface area contributed by atoms with Crippen LogP contribution in [0.25, 0.3) is 22.2 Å². The molecule has 0 aliphatic heterocycles. The highest BCUT2D eigenvalue weighted by atomic mass is 19.4. The van der Waals surface area contributed by atoms with Crippen LogP contribution in [-0.2, 0) is 12.7 Å². The number of aromatic nitrogens is 1. The van der Waals surface area contributed by atoms with Crippen LogP contribution in [0.5, 0.6) is 0 Å². The number of nitrogens with zero attached hydrogens (tertiary/aromatic N) is 1. The monoisotopic (exact) mass is 453 g/mol. The highest BCUT2D eigenvalue weighted by Crippen LogP contribution is 2.30. The second kappa shape index (κ2) is 8.78. The van der Waals surface area contributed by atoms with Crippen LogP contribution in [-0.4, -0.2) is 23.8 Å². The predicted octanol–water partition coefficient (Wildman–Crippen LogP) is 4.80. The molecule has 0 aliphatic rings. The minimum Gasteiger partial charge on any atom is -0.432 e. The first kappa shape index (κ1) is 22.1. The zero-order valence-corrected chi connectivity index (χ0v) is 17.4. The summed E-state index contributed by atoms with van der Waals surface area (Å²) >= 11 is 0. The fraction of sp³-hybridized carbons (Fsp3) is 0.125. The Kier molecular flexibility index (Phi) is 5.87. The summed E-state index contributed by atoms with van der Waals surface area (Å²) < 4.78 is 44.0. The molecule has 4 rings (SSSR count). The van der Waals surface area contributed by atoms with Crippen molar-refractivity contribution < 1.29 is 27.2 Å². The highest BCUT2D eigenvalue weighted by molar-refractivity contribution is 5.98. The number of rotatable bonds is 5. The zero-order valence-electron chi connectivity index (χ0n) is 17.4. The van der Waals surface area contributed by atoms with Gasteiger partial charge in [-0.25, -0.2) is 4.98 Å². The van der Waals surface area contributed by atoms with Crippen molar-refractivity contribution in [3.63, 3.8) is 0 Å². The first-order valence-electron chi connectivity index (χ1n) is 9.92. The van der Waals surface area contributed by atoms with Gasteiger partial charge in [0.05, 0.1) is 5.56 Å². The van der Waals surface area contributed by atoms with Crippen molar-refractivity contribution in [1.29, 1.82) is 0 Å². The molecule has 1 heterocycles. The smallest absolute Gasteiger partial charge is 0.416 e. The second-order valence-electron chi connectivity index (χ2n) is 7.21. The molecule has 0 saturated heterocycles. The minimum absolute atomic E-state index is 0.0367. The van der Waals surface area contributed by atoms with E-state index in [1.165, 1.54) is 19.2 Å². The number of fused-ring (bicyclic) bond motifs is 1. The summed E-state index contributed by atoms with van der Waals surface area (Å²) in [6.07, 6.45) is -4.44. The number of carbonyl (C=O) groups excluding carboxylic acids is 2. The summed E-state index contributed by atoms with van der Waals surface area (Å²) in [6, 6.07) is 16.8. The lowest BCUT2D eigenvalue weighted by molar-refractivity contribution is -0.137. The van der Waals surface area contributed by atoms with E-state index in [0.717, 1.165) is 23.3 Å². The van der Waals surface area contributed by atoms with E-state index in [-0.39, 0.29) is 12.4 Å². The van der Waals surface area contributed by atoms with Crippen molar-refractivity contribution in [3.8, 4) is 11.1 Å². The largest absolute Gasteiger partial charge is 0.432 e. The Balaban J connectivity index is 1.50. The van der Waals surface area contributed by atoms with Crippen molar-refractivity contribution in [2.24, 2.45) is 0 Å². The van der Waals surface area contributed by atoms with Gasteiger partial charge in [-0.3, -0.25) is 9.59 Å². The van der Waals surface area contributed by atoms with Crippen LogP contribution in [0.2, 0.25) is 0 Å². The van der Waals surface area contributed by atoms with Gasteiger partial charge in [-0.05, 0) is 41.5 Å². The molecule has 33 heavy (non-hydrogen) atoms. The first-order valence-corrected chi connectivity index (χ1v) is 9.92. The maximum Gasteiger partial charge on any atom is 0.416 e. The number of oxazole rings is 1. The van der Waals surface area contributed by atoms with Crippen LogP contribution in [0.3, 0.4) is 0 Å². The molecule has 0 atom stereocenters. The summed E-state index contributed by atoms with van der Waals surface area (Å²) in [4.78, 5) is 28.5. The van der Waals surface area contributed by atoms with E-state index < -0.39 is 23.6 Å². The summed E-state index contributed by atoms with van der Waals surface area (Å²) in [6.45, 7) is -0.0367. The molecule has 0 saturated carbocycles. The molecule has 0 radical (unpaired) electrons. The van der Waals surface area contributed by atoms with Gasteiger partial charge >= 0.3 is 12.1 Å². The Morgan fingerprint density at radius 1 is 0.970 bits per heavy atom. The number of hydrogen-bond donors (Lipinski definition) is 2. The third kappa shape index (κ3) is 4.72. The predicted molar refractivity (Wildman–Crippen MR) is 115 cm³/mol. The molecule has 3 aromatic carbocycles. The molecule has 4 aromatic rings. The van der Waals surface area contributed by atoms with E-state index in [2.05, 4.69) is 15.6 Å². The van der Waals surface area contributed by atoms with E-state index >= 15 is 0 Å². The van der Waals surface area contributed by atoms with E-state index in [9.17, 15) is 22.8 Å². The molecule has 168 valence electrons. The number of amides is 2. The van der Waals surface area contributed by atoms with Gasteiger partial charge < -0.3 is 15.1 Å². The molecule has 6 nitrogen and oxygen atoms in total. The first-order chi connectivity index (χ1) is 15.8. The van der Waals surface area contributed by atoms with E-state index in [4.69, 9.17) is 4.42 Å². The van der Waals surface area contributed by atoms with Crippen molar-refractivity contribution in [1.82, 2.24) is 15.6 Å². The number of halogens is 3. The van der Waals surface area contributed by atoms with Crippen LogP contribution in [0, 0.1) is 0 Å². The molecule has 2 amide bonds. The number of benzene rings is 3. The average molecular weight is 453 g/mol. The Bertz CT molecular complexity index is 1330. The van der Waals surface area contributed by atoms with Gasteiger partial charge in [0.15, 0.2) is 5.58 Å². The van der Waals surface area contributed by atoms with Crippen molar-refractivity contribution in [3.05, 3.63) is 89.3 Å². The SMILES string of the molecule is CNC(=O)c1nc2c(-c3ccc(C(=O)NCc4cccc(C(F)(F)F)c4)cc3)cccc2o1. The lowest BCUT2D eigenvalue weighted by Gasteiger charge is -2.10. The van der Waals surface area contributed by atoms with Gasteiger partial charge in [-0.2, -0.15) is 13.2 Å². The fourth-order valence-electron chi connectivity index (χ4n) is 3.33. The van der Waals surface area contributed by atoms with Crippen LogP contribution >= 0.6 is 0 Å². The summed E-state index contributed by atoms with van der Waals surface area (Å²) in [5.41, 5.74) is 2.38. The molecule has 0 unspecified atom stereocenters. The highest BCUT2D eigenvalue weighted by Gasteiger charge is 2.30. The standard InChI is InChI=1S/C24H18F3N3O3/c1-28-22(32)23-30-20-18(6-3-7-19(20)33-23)15-8-10-16(11-9-15)21(31)29-13-14-4-2-5-17(12-14)24(25,26)27/h2-12H,13H2,1H3,(H,28,32)(H,29,31). The quantitative estimate of drug-likeness (QED) is 0.455. The lowest BCUT2D eigenvalue weighted by Crippen LogP contribution is -2.23. The topological polar surface area (TPSA) is 84.2 Å². The number of alkyl halides is 3. The molecular formula is C24H18F3N3O3. The van der Waals surface area contributed by atoms with Crippen LogP contribution in [0.15, 0.2) is 71.1 Å². The summed E-state index contributed by atoms with van der Waals surface area (Å²) in [7, 11) is 1.48. The normalized spacial score (nSPS) is 11.4. The molecule has 1 aromatic heterocycles. The number of hydrogen-bond acceptors (Lipinski definition) is 4. The maximum atomic E-state index is 12.8. The lowest BCUT2D eigenvalue weighted by atomic mass is 10.0. The van der Waals surface area contributed by atoms with Gasteiger partial charge in [-0.1, -0.05) is 36.4 Å². The van der Waals surface area contributed by atoms with Crippen molar-refractivity contribution >= 4 is 22.9 Å². The fourth-order valence-corrected chi connectivity index (χ4v) is 3.33. The van der Waals surface area contributed by atoms with E-state index in [1.54, 1.807) is 36.4 Å². The Morgan fingerprint density at radius 2 is 1.70 bits per heavy atom. The van der Waals surface area contributed by atoms with Crippen LogP contribution in [0.4, 0.5) is 13.2 Å². The Morgan fingerprint density at radius 3 is 2.39 bits per heavy atom. The Hall–Kier alpha value is -4.14. The van der Waals surface area contributed by atoms with Gasteiger partial charge in [0, 0.05) is 24.7 Å². The number of carbonyl (C=O) groups is 2. The van der Waals surface area contributed by atoms with Crippen molar-refractivity contribution in [2.45, 2.75) is 12.7 Å². The van der Waals surface area contributed by atoms with E-state index in [1.807, 2.05) is 6.07 Å². The molecule has 0 spiro atoms. The van der Waals surface area contributed by atoms with E-state index in [0.29, 0.717) is 22.2 Å². The summed E-state index contributed by atoms with van der Waals surface area (Å²) in [5, 5.41) is 5.09. The molecule has 9 heteroatoms. The van der Waals surface area contributed by atoms with Gasteiger partial charge in [0.2, 0.25) is 0 Å². The number of para-hydroxylation sites is 1. The number of nitrogens with one attached hydrogen (secondary N) is 2. The average Bonchev–Trinajstić information content (AvgIpc) is 3.26. The van der Waals surface area contributed by atoms with Crippen LogP contribution < -0.4 is 10.6 Å². The molecule has 0 aliphatic carbocycles. The summed E-state index contributed by atoms with van der Waals surface area (Å²) in [5.74, 6) is -0.906. The molecular weight excluding hydrogens is 435 g/mol. The third-order valence-corrected chi connectivity index (χ3v) is 5.01. The molecule has 2 N–H and O–H groups in total. The van der Waals surface area contributed by atoms with Gasteiger partial charge in [0.1, 0.15) is 5.52 Å². The molecule has 0 bridgehead atoms.